The Hall–Kier alpha value is -0.450. The van der Waals surface area contributed by atoms with Crippen molar-refractivity contribution in [3.8, 4) is 0 Å². The zero-order chi connectivity index (χ0) is 17.9. The minimum Gasteiger partial charge on any atom is -0.383 e. The Bertz CT molecular complexity index is 517. The number of piperidine rings is 1. The Morgan fingerprint density at radius 3 is 2.73 bits per heavy atom. The highest BCUT2D eigenvalue weighted by Crippen LogP contribution is 2.16. The SMILES string of the molecule is CCNC(=NCc1ncc(CC)s1)NCC1CCN(CCOC)CC1.I. The predicted octanol–water partition coefficient (Wildman–Crippen LogP) is 2.74. The summed E-state index contributed by atoms with van der Waals surface area (Å²) in [7, 11) is 1.77. The quantitative estimate of drug-likeness (QED) is 0.314. The zero-order valence-corrected chi connectivity index (χ0v) is 19.4. The number of guanidine groups is 1. The van der Waals surface area contributed by atoms with E-state index in [4.69, 9.17) is 4.74 Å². The van der Waals surface area contributed by atoms with Gasteiger partial charge in [0.1, 0.15) is 5.01 Å². The molecule has 0 amide bonds. The monoisotopic (exact) mass is 495 g/mol. The van der Waals surface area contributed by atoms with Crippen LogP contribution in [-0.2, 0) is 17.7 Å². The fourth-order valence-electron chi connectivity index (χ4n) is 2.95. The molecule has 0 atom stereocenters. The van der Waals surface area contributed by atoms with Gasteiger partial charge in [0.2, 0.25) is 0 Å². The number of thiazole rings is 1. The summed E-state index contributed by atoms with van der Waals surface area (Å²) in [6.45, 7) is 11.0. The van der Waals surface area contributed by atoms with E-state index in [9.17, 15) is 0 Å². The molecular weight excluding hydrogens is 461 g/mol. The molecule has 0 saturated carbocycles. The maximum absolute atomic E-state index is 5.17. The van der Waals surface area contributed by atoms with Crippen LogP contribution < -0.4 is 10.6 Å². The van der Waals surface area contributed by atoms with Gasteiger partial charge in [-0.2, -0.15) is 0 Å². The molecule has 0 spiro atoms. The first-order valence-corrected chi connectivity index (χ1v) is 10.2. The van der Waals surface area contributed by atoms with Crippen LogP contribution in [0.5, 0.6) is 0 Å². The Balaban J connectivity index is 0.00000338. The number of likely N-dealkylation sites (tertiary alicyclic amines) is 1. The third kappa shape index (κ3) is 8.49. The first-order valence-electron chi connectivity index (χ1n) is 9.42. The Labute approximate surface area is 179 Å². The van der Waals surface area contributed by atoms with Crippen molar-refractivity contribution >= 4 is 41.3 Å². The van der Waals surface area contributed by atoms with Crippen molar-refractivity contribution < 1.29 is 4.74 Å². The normalized spacial score (nSPS) is 16.3. The minimum atomic E-state index is 0. The standard InChI is InChI=1S/C18H33N5OS.HI/c1-4-16-13-20-17(25-16)14-22-18(19-5-2)21-12-15-6-8-23(9-7-15)10-11-24-3;/h13,15H,4-12,14H2,1-3H3,(H2,19,21,22);1H. The van der Waals surface area contributed by atoms with E-state index in [2.05, 4.69) is 39.4 Å². The molecule has 0 unspecified atom stereocenters. The van der Waals surface area contributed by atoms with E-state index in [0.717, 1.165) is 43.6 Å². The molecule has 2 N–H and O–H groups in total. The number of hydrogen-bond acceptors (Lipinski definition) is 5. The summed E-state index contributed by atoms with van der Waals surface area (Å²) in [6.07, 6.45) is 5.49. The van der Waals surface area contributed by atoms with E-state index in [-0.39, 0.29) is 24.0 Å². The molecule has 2 heterocycles. The van der Waals surface area contributed by atoms with E-state index < -0.39 is 0 Å². The largest absolute Gasteiger partial charge is 0.383 e. The van der Waals surface area contributed by atoms with E-state index in [1.165, 1.54) is 30.8 Å². The number of aliphatic imine (C=N–C) groups is 1. The Kier molecular flexibility index (Phi) is 12.4. The van der Waals surface area contributed by atoms with Crippen LogP contribution in [0.25, 0.3) is 0 Å². The summed E-state index contributed by atoms with van der Waals surface area (Å²) in [4.78, 5) is 12.9. The van der Waals surface area contributed by atoms with Gasteiger partial charge < -0.3 is 20.3 Å². The van der Waals surface area contributed by atoms with E-state index in [1.54, 1.807) is 18.4 Å². The smallest absolute Gasteiger partial charge is 0.191 e. The lowest BCUT2D eigenvalue weighted by molar-refractivity contribution is 0.121. The summed E-state index contributed by atoms with van der Waals surface area (Å²) >= 11 is 1.76. The van der Waals surface area contributed by atoms with Crippen LogP contribution in [0.3, 0.4) is 0 Å². The first-order chi connectivity index (χ1) is 12.2. The van der Waals surface area contributed by atoms with E-state index in [0.29, 0.717) is 12.5 Å². The molecule has 0 aromatic carbocycles. The number of rotatable bonds is 9. The van der Waals surface area contributed by atoms with Crippen molar-refractivity contribution in [1.29, 1.82) is 0 Å². The van der Waals surface area contributed by atoms with Crippen LogP contribution in [-0.4, -0.2) is 62.3 Å². The highest BCUT2D eigenvalue weighted by atomic mass is 127. The van der Waals surface area contributed by atoms with Gasteiger partial charge in [-0.05, 0) is 45.2 Å². The van der Waals surface area contributed by atoms with Crippen LogP contribution in [0, 0.1) is 5.92 Å². The maximum atomic E-state index is 5.17. The lowest BCUT2D eigenvalue weighted by Crippen LogP contribution is -2.43. The molecule has 1 aromatic heterocycles. The average Bonchev–Trinajstić information content (AvgIpc) is 3.11. The van der Waals surface area contributed by atoms with Crippen molar-refractivity contribution in [1.82, 2.24) is 20.5 Å². The van der Waals surface area contributed by atoms with Crippen molar-refractivity contribution in [3.05, 3.63) is 16.1 Å². The van der Waals surface area contributed by atoms with Gasteiger partial charge in [0, 0.05) is 37.8 Å². The molecule has 1 aliphatic heterocycles. The highest BCUT2D eigenvalue weighted by Gasteiger charge is 2.19. The number of aryl methyl sites for hydroxylation is 1. The number of halogens is 1. The topological polar surface area (TPSA) is 61.8 Å². The fraction of sp³-hybridized carbons (Fsp3) is 0.778. The summed E-state index contributed by atoms with van der Waals surface area (Å²) in [5.74, 6) is 1.62. The summed E-state index contributed by atoms with van der Waals surface area (Å²) in [5, 5.41) is 7.93. The lowest BCUT2D eigenvalue weighted by atomic mass is 9.97. The van der Waals surface area contributed by atoms with Gasteiger partial charge in [-0.25, -0.2) is 9.98 Å². The number of aromatic nitrogens is 1. The van der Waals surface area contributed by atoms with Crippen LogP contribution in [0.1, 0.15) is 36.6 Å². The van der Waals surface area contributed by atoms with Gasteiger partial charge in [-0.15, -0.1) is 35.3 Å². The second kappa shape index (κ2) is 13.7. The van der Waals surface area contributed by atoms with Crippen LogP contribution in [0.2, 0.25) is 0 Å². The number of nitrogens with one attached hydrogen (secondary N) is 2. The van der Waals surface area contributed by atoms with Crippen molar-refractivity contribution in [2.45, 2.75) is 39.7 Å². The molecule has 6 nitrogen and oxygen atoms in total. The predicted molar refractivity (Wildman–Crippen MR) is 121 cm³/mol. The Morgan fingerprint density at radius 1 is 1.35 bits per heavy atom. The van der Waals surface area contributed by atoms with Gasteiger partial charge in [0.15, 0.2) is 5.96 Å². The lowest BCUT2D eigenvalue weighted by Gasteiger charge is -2.32. The molecule has 150 valence electrons. The zero-order valence-electron chi connectivity index (χ0n) is 16.3. The second-order valence-electron chi connectivity index (χ2n) is 6.43. The van der Waals surface area contributed by atoms with Gasteiger partial charge >= 0.3 is 0 Å². The van der Waals surface area contributed by atoms with Gasteiger partial charge in [-0.3, -0.25) is 0 Å². The van der Waals surface area contributed by atoms with Crippen molar-refractivity contribution in [3.63, 3.8) is 0 Å². The third-order valence-electron chi connectivity index (χ3n) is 4.54. The molecule has 1 saturated heterocycles. The van der Waals surface area contributed by atoms with Crippen LogP contribution in [0.4, 0.5) is 0 Å². The van der Waals surface area contributed by atoms with Crippen LogP contribution >= 0.6 is 35.3 Å². The number of ether oxygens (including phenoxy) is 1. The molecule has 1 aliphatic rings. The molecule has 0 aliphatic carbocycles. The third-order valence-corrected chi connectivity index (χ3v) is 5.67. The summed E-state index contributed by atoms with van der Waals surface area (Å²) < 4.78 is 5.17. The minimum absolute atomic E-state index is 0. The van der Waals surface area contributed by atoms with Gasteiger partial charge in [-0.1, -0.05) is 6.92 Å². The fourth-order valence-corrected chi connectivity index (χ4v) is 3.74. The van der Waals surface area contributed by atoms with Crippen LogP contribution in [0.15, 0.2) is 11.2 Å². The van der Waals surface area contributed by atoms with E-state index in [1.807, 2.05) is 6.20 Å². The van der Waals surface area contributed by atoms with Crippen molar-refractivity contribution in [2.24, 2.45) is 10.9 Å². The van der Waals surface area contributed by atoms with Gasteiger partial charge in [0.05, 0.1) is 13.2 Å². The summed E-state index contributed by atoms with van der Waals surface area (Å²) in [5.41, 5.74) is 0. The van der Waals surface area contributed by atoms with Gasteiger partial charge in [0.25, 0.3) is 0 Å². The number of nitrogens with zero attached hydrogens (tertiary/aromatic N) is 3. The molecule has 8 heteroatoms. The number of hydrogen-bond donors (Lipinski definition) is 2. The molecule has 0 bridgehead atoms. The highest BCUT2D eigenvalue weighted by molar-refractivity contribution is 14.0. The molecular formula is C18H34IN5OS. The molecule has 1 fully saturated rings. The summed E-state index contributed by atoms with van der Waals surface area (Å²) in [6, 6.07) is 0. The molecule has 1 aromatic rings. The second-order valence-corrected chi connectivity index (χ2v) is 7.63. The van der Waals surface area contributed by atoms with Crippen molar-refractivity contribution in [2.75, 3.05) is 46.4 Å². The number of methoxy groups -OCH3 is 1. The average molecular weight is 495 g/mol. The maximum Gasteiger partial charge on any atom is 0.191 e. The molecule has 2 rings (SSSR count). The molecule has 0 radical (unpaired) electrons. The Morgan fingerprint density at radius 2 is 2.12 bits per heavy atom. The first kappa shape index (κ1) is 23.6. The molecule has 26 heavy (non-hydrogen) atoms. The van der Waals surface area contributed by atoms with E-state index >= 15 is 0 Å².